The summed E-state index contributed by atoms with van der Waals surface area (Å²) in [5.41, 5.74) is 3.77. The highest BCUT2D eigenvalue weighted by atomic mass is 127. The average molecular weight is 574 g/mol. The van der Waals surface area contributed by atoms with Gasteiger partial charge in [-0.05, 0) is 47.5 Å². The maximum atomic E-state index is 12.8. The van der Waals surface area contributed by atoms with Crippen LogP contribution in [0.4, 0.5) is 5.69 Å². The van der Waals surface area contributed by atoms with Gasteiger partial charge in [0, 0.05) is 23.2 Å². The molecule has 4 rings (SSSR count). The number of halogens is 2. The van der Waals surface area contributed by atoms with Crippen LogP contribution in [0, 0.1) is 0 Å². The first-order valence-corrected chi connectivity index (χ1v) is 12.8. The third kappa shape index (κ3) is 5.75. The summed E-state index contributed by atoms with van der Waals surface area (Å²) in [5, 5.41) is 7.05. The van der Waals surface area contributed by atoms with Crippen molar-refractivity contribution in [3.8, 4) is 10.6 Å². The Morgan fingerprint density at radius 2 is 1.84 bits per heavy atom. The smallest absolute Gasteiger partial charge is 0.265 e. The first-order valence-electron chi connectivity index (χ1n) is 10.1. The molecule has 4 aromatic rings. The molecule has 1 atom stereocenters. The fourth-order valence-electron chi connectivity index (χ4n) is 3.26. The molecule has 162 valence electrons. The van der Waals surface area contributed by atoms with Gasteiger partial charge in [-0.25, -0.2) is 0 Å². The number of aromatic nitrogens is 1. The van der Waals surface area contributed by atoms with Crippen molar-refractivity contribution < 1.29 is 4.79 Å². The maximum absolute atomic E-state index is 12.8. The summed E-state index contributed by atoms with van der Waals surface area (Å²) < 4.78 is 0.954. The number of rotatable bonds is 8. The standard InChI is InChI=1S/C25H21ClIN3OS/c26-19-10-9-17(16-29-22(15-27)18-6-2-1-3-7-18)14-21(19)30-25(31)24-12-11-23(32-24)20-8-4-5-13-28-20/h1-14,22,29H,15-16H2,(H,30,31). The van der Waals surface area contributed by atoms with E-state index in [1.54, 1.807) is 6.20 Å². The minimum atomic E-state index is -0.182. The van der Waals surface area contributed by atoms with Crippen molar-refractivity contribution in [3.05, 3.63) is 106 Å². The molecule has 0 aliphatic carbocycles. The molecule has 0 aliphatic heterocycles. The molecule has 0 saturated heterocycles. The molecule has 4 nitrogen and oxygen atoms in total. The molecule has 0 fully saturated rings. The van der Waals surface area contributed by atoms with Crippen molar-refractivity contribution in [2.45, 2.75) is 12.6 Å². The third-order valence-electron chi connectivity index (χ3n) is 4.93. The van der Waals surface area contributed by atoms with Crippen LogP contribution < -0.4 is 10.6 Å². The highest BCUT2D eigenvalue weighted by Gasteiger charge is 2.14. The van der Waals surface area contributed by atoms with Crippen LogP contribution in [-0.2, 0) is 6.54 Å². The quantitative estimate of drug-likeness (QED) is 0.177. The van der Waals surface area contributed by atoms with Gasteiger partial charge in [0.1, 0.15) is 0 Å². The van der Waals surface area contributed by atoms with Crippen LogP contribution in [-0.4, -0.2) is 15.3 Å². The van der Waals surface area contributed by atoms with Gasteiger partial charge in [0.15, 0.2) is 0 Å². The van der Waals surface area contributed by atoms with Gasteiger partial charge in [0.25, 0.3) is 5.91 Å². The predicted molar refractivity (Wildman–Crippen MR) is 142 cm³/mol. The van der Waals surface area contributed by atoms with Crippen LogP contribution in [0.2, 0.25) is 5.02 Å². The molecule has 0 aliphatic rings. The second-order valence-corrected chi connectivity index (χ2v) is 9.52. The van der Waals surface area contributed by atoms with Gasteiger partial charge in [0.2, 0.25) is 0 Å². The lowest BCUT2D eigenvalue weighted by atomic mass is 10.1. The summed E-state index contributed by atoms with van der Waals surface area (Å²) in [5.74, 6) is -0.182. The molecule has 2 aromatic heterocycles. The number of alkyl halides is 1. The zero-order valence-electron chi connectivity index (χ0n) is 17.1. The van der Waals surface area contributed by atoms with E-state index >= 15 is 0 Å². The Morgan fingerprint density at radius 3 is 2.59 bits per heavy atom. The second-order valence-electron chi connectivity index (χ2n) is 7.15. The number of nitrogens with one attached hydrogen (secondary N) is 2. The zero-order valence-corrected chi connectivity index (χ0v) is 20.8. The van der Waals surface area contributed by atoms with Crippen molar-refractivity contribution in [3.63, 3.8) is 0 Å². The second kappa shape index (κ2) is 11.0. The van der Waals surface area contributed by atoms with E-state index < -0.39 is 0 Å². The van der Waals surface area contributed by atoms with Crippen molar-refractivity contribution in [1.82, 2.24) is 10.3 Å². The number of amides is 1. The fourth-order valence-corrected chi connectivity index (χ4v) is 5.12. The maximum Gasteiger partial charge on any atom is 0.265 e. The molecule has 1 unspecified atom stereocenters. The summed E-state index contributed by atoms with van der Waals surface area (Å²) in [4.78, 5) is 18.7. The van der Waals surface area contributed by atoms with E-state index in [4.69, 9.17) is 11.6 Å². The number of hydrogen-bond donors (Lipinski definition) is 2. The zero-order chi connectivity index (χ0) is 22.3. The number of anilines is 1. The SMILES string of the molecule is O=C(Nc1cc(CNC(CI)c2ccccc2)ccc1Cl)c1ccc(-c2ccccn2)s1. The third-order valence-corrected chi connectivity index (χ3v) is 7.25. The molecular formula is C25H21ClIN3OS. The lowest BCUT2D eigenvalue weighted by Gasteiger charge is -2.17. The fraction of sp³-hybridized carbons (Fsp3) is 0.120. The summed E-state index contributed by atoms with van der Waals surface area (Å²) in [6, 6.07) is 25.8. The van der Waals surface area contributed by atoms with Gasteiger partial charge < -0.3 is 10.6 Å². The van der Waals surface area contributed by atoms with Gasteiger partial charge in [-0.3, -0.25) is 9.78 Å². The Morgan fingerprint density at radius 1 is 1.03 bits per heavy atom. The molecule has 0 radical (unpaired) electrons. The van der Waals surface area contributed by atoms with E-state index in [1.807, 2.05) is 54.6 Å². The minimum absolute atomic E-state index is 0.182. The van der Waals surface area contributed by atoms with Gasteiger partial charge in [-0.1, -0.05) is 76.7 Å². The average Bonchev–Trinajstić information content (AvgIpc) is 3.33. The minimum Gasteiger partial charge on any atom is -0.320 e. The van der Waals surface area contributed by atoms with Crippen LogP contribution in [0.25, 0.3) is 10.6 Å². The van der Waals surface area contributed by atoms with E-state index in [9.17, 15) is 4.79 Å². The van der Waals surface area contributed by atoms with Crippen LogP contribution in [0.5, 0.6) is 0 Å². The largest absolute Gasteiger partial charge is 0.320 e. The van der Waals surface area contributed by atoms with Crippen LogP contribution in [0.3, 0.4) is 0 Å². The molecule has 0 saturated carbocycles. The molecule has 0 bridgehead atoms. The molecule has 2 heterocycles. The predicted octanol–water partition coefficient (Wildman–Crippen LogP) is 6.98. The van der Waals surface area contributed by atoms with E-state index in [0.717, 1.165) is 20.6 Å². The molecule has 2 aromatic carbocycles. The van der Waals surface area contributed by atoms with E-state index in [-0.39, 0.29) is 11.9 Å². The van der Waals surface area contributed by atoms with E-state index in [2.05, 4.69) is 62.5 Å². The lowest BCUT2D eigenvalue weighted by molar-refractivity contribution is 0.103. The van der Waals surface area contributed by atoms with E-state index in [1.165, 1.54) is 16.9 Å². The summed E-state index contributed by atoms with van der Waals surface area (Å²) in [6.45, 7) is 0.672. The van der Waals surface area contributed by atoms with Gasteiger partial charge in [0.05, 0.1) is 26.2 Å². The monoisotopic (exact) mass is 573 g/mol. The Balaban J connectivity index is 1.44. The van der Waals surface area contributed by atoms with Crippen LogP contribution in [0.15, 0.2) is 85.1 Å². The number of pyridine rings is 1. The first-order chi connectivity index (χ1) is 15.6. The van der Waals surface area contributed by atoms with Crippen molar-refractivity contribution in [2.24, 2.45) is 0 Å². The Hall–Kier alpha value is -2.26. The number of thiophene rings is 1. The van der Waals surface area contributed by atoms with Crippen molar-refractivity contribution >= 4 is 57.1 Å². The lowest BCUT2D eigenvalue weighted by Crippen LogP contribution is -2.22. The summed E-state index contributed by atoms with van der Waals surface area (Å²) in [7, 11) is 0. The van der Waals surface area contributed by atoms with Crippen LogP contribution >= 0.6 is 45.5 Å². The Labute approximate surface area is 210 Å². The van der Waals surface area contributed by atoms with Gasteiger partial charge in [-0.15, -0.1) is 11.3 Å². The molecule has 2 N–H and O–H groups in total. The number of carbonyl (C=O) groups excluding carboxylic acids is 1. The number of hydrogen-bond acceptors (Lipinski definition) is 4. The highest BCUT2D eigenvalue weighted by Crippen LogP contribution is 2.29. The van der Waals surface area contributed by atoms with Crippen LogP contribution in [0.1, 0.15) is 26.8 Å². The number of nitrogens with zero attached hydrogens (tertiary/aromatic N) is 1. The molecule has 7 heteroatoms. The van der Waals surface area contributed by atoms with E-state index in [0.29, 0.717) is 22.1 Å². The van der Waals surface area contributed by atoms with Crippen molar-refractivity contribution in [2.75, 3.05) is 9.74 Å². The summed E-state index contributed by atoms with van der Waals surface area (Å²) in [6.07, 6.45) is 1.74. The Bertz CT molecular complexity index is 1180. The van der Waals surface area contributed by atoms with Gasteiger partial charge >= 0.3 is 0 Å². The Kier molecular flexibility index (Phi) is 7.91. The number of benzene rings is 2. The first kappa shape index (κ1) is 22.9. The molecule has 0 spiro atoms. The van der Waals surface area contributed by atoms with Crippen molar-refractivity contribution in [1.29, 1.82) is 0 Å². The normalized spacial score (nSPS) is 11.8. The molecular weight excluding hydrogens is 553 g/mol. The molecule has 1 amide bonds. The summed E-state index contributed by atoms with van der Waals surface area (Å²) >= 11 is 10.2. The highest BCUT2D eigenvalue weighted by molar-refractivity contribution is 14.1. The topological polar surface area (TPSA) is 54.0 Å². The van der Waals surface area contributed by atoms with Gasteiger partial charge in [-0.2, -0.15) is 0 Å². The molecule has 32 heavy (non-hydrogen) atoms. The number of carbonyl (C=O) groups is 1.